The lowest BCUT2D eigenvalue weighted by atomic mass is 10.2. The van der Waals surface area contributed by atoms with Crippen molar-refractivity contribution in [3.8, 4) is 11.3 Å². The Bertz CT molecular complexity index is 798. The van der Waals surface area contributed by atoms with E-state index >= 15 is 0 Å². The van der Waals surface area contributed by atoms with E-state index in [-0.39, 0.29) is 18.3 Å². The Morgan fingerprint density at radius 2 is 2.24 bits per heavy atom. The van der Waals surface area contributed by atoms with E-state index in [1.807, 2.05) is 0 Å². The molecular formula is C12H8FN5O3. The normalized spacial score (nSPS) is 10.7. The Hall–Kier alpha value is -3.10. The van der Waals surface area contributed by atoms with Crippen LogP contribution < -0.4 is 0 Å². The molecule has 0 aliphatic heterocycles. The first kappa shape index (κ1) is 12.9. The minimum atomic E-state index is -0.690. The second kappa shape index (κ2) is 5.12. The maximum absolute atomic E-state index is 13.1. The smallest absolute Gasteiger partial charge is 0.439 e. The molecule has 0 aliphatic carbocycles. The SMILES string of the molecule is O=[N+]([O-])c1ncn(Cc2ncc(-c3cccc(F)c3)o2)n1. The summed E-state index contributed by atoms with van der Waals surface area (Å²) in [6.45, 7) is 0.0934. The van der Waals surface area contributed by atoms with Gasteiger partial charge in [0, 0.05) is 10.7 Å². The number of hydrogen-bond acceptors (Lipinski definition) is 6. The highest BCUT2D eigenvalue weighted by atomic mass is 19.1. The van der Waals surface area contributed by atoms with Gasteiger partial charge in [-0.1, -0.05) is 17.1 Å². The van der Waals surface area contributed by atoms with Crippen LogP contribution in [0.3, 0.4) is 0 Å². The summed E-state index contributed by atoms with van der Waals surface area (Å²) in [4.78, 5) is 17.3. The van der Waals surface area contributed by atoms with Gasteiger partial charge in [-0.15, -0.1) is 0 Å². The molecule has 0 N–H and O–H groups in total. The largest absolute Gasteiger partial charge is 0.490 e. The number of nitro groups is 1. The van der Waals surface area contributed by atoms with E-state index in [4.69, 9.17) is 4.42 Å². The zero-order valence-electron chi connectivity index (χ0n) is 10.5. The molecule has 2 heterocycles. The van der Waals surface area contributed by atoms with Crippen molar-refractivity contribution in [1.82, 2.24) is 19.7 Å². The minimum Gasteiger partial charge on any atom is -0.439 e. The first-order chi connectivity index (χ1) is 10.1. The van der Waals surface area contributed by atoms with Gasteiger partial charge < -0.3 is 14.5 Å². The Labute approximate surface area is 117 Å². The lowest BCUT2D eigenvalue weighted by Gasteiger charge is -1.95. The highest BCUT2D eigenvalue weighted by molar-refractivity contribution is 5.56. The number of oxazole rings is 1. The topological polar surface area (TPSA) is 99.9 Å². The third kappa shape index (κ3) is 2.76. The summed E-state index contributed by atoms with van der Waals surface area (Å²) in [5.74, 6) is -0.183. The number of aromatic nitrogens is 4. The van der Waals surface area contributed by atoms with Crippen molar-refractivity contribution < 1.29 is 13.7 Å². The first-order valence-corrected chi connectivity index (χ1v) is 5.86. The Morgan fingerprint density at radius 3 is 2.95 bits per heavy atom. The summed E-state index contributed by atoms with van der Waals surface area (Å²) in [7, 11) is 0. The average Bonchev–Trinajstić information content (AvgIpc) is 3.08. The van der Waals surface area contributed by atoms with Crippen LogP contribution in [0.1, 0.15) is 5.89 Å². The lowest BCUT2D eigenvalue weighted by molar-refractivity contribution is -0.394. The van der Waals surface area contributed by atoms with E-state index in [0.717, 1.165) is 0 Å². The Morgan fingerprint density at radius 1 is 1.38 bits per heavy atom. The maximum atomic E-state index is 13.1. The van der Waals surface area contributed by atoms with Crippen molar-refractivity contribution in [2.24, 2.45) is 0 Å². The molecule has 1 aromatic carbocycles. The van der Waals surface area contributed by atoms with Gasteiger partial charge in [-0.05, 0) is 17.1 Å². The highest BCUT2D eigenvalue weighted by Crippen LogP contribution is 2.21. The van der Waals surface area contributed by atoms with E-state index in [1.54, 1.807) is 12.1 Å². The van der Waals surface area contributed by atoms with Crippen LogP contribution in [0.5, 0.6) is 0 Å². The van der Waals surface area contributed by atoms with Crippen molar-refractivity contribution in [3.05, 3.63) is 58.6 Å². The molecule has 0 aliphatic rings. The summed E-state index contributed by atoms with van der Waals surface area (Å²) < 4.78 is 19.8. The Kier molecular flexibility index (Phi) is 3.14. The molecule has 9 heteroatoms. The summed E-state index contributed by atoms with van der Waals surface area (Å²) in [5.41, 5.74) is 0.554. The van der Waals surface area contributed by atoms with Gasteiger partial charge in [0.2, 0.25) is 12.2 Å². The number of hydrogen-bond donors (Lipinski definition) is 0. The molecule has 0 saturated heterocycles. The maximum Gasteiger partial charge on any atom is 0.490 e. The number of rotatable bonds is 4. The molecule has 0 spiro atoms. The first-order valence-electron chi connectivity index (χ1n) is 5.86. The fourth-order valence-corrected chi connectivity index (χ4v) is 1.74. The second-order valence-corrected chi connectivity index (χ2v) is 4.13. The van der Waals surface area contributed by atoms with E-state index in [0.29, 0.717) is 11.3 Å². The molecule has 0 bridgehead atoms. The van der Waals surface area contributed by atoms with Crippen LogP contribution in [0.4, 0.5) is 10.3 Å². The zero-order valence-corrected chi connectivity index (χ0v) is 10.5. The van der Waals surface area contributed by atoms with Crippen molar-refractivity contribution in [2.75, 3.05) is 0 Å². The number of halogens is 1. The molecular weight excluding hydrogens is 281 g/mol. The van der Waals surface area contributed by atoms with Crippen LogP contribution >= 0.6 is 0 Å². The molecule has 21 heavy (non-hydrogen) atoms. The molecule has 106 valence electrons. The van der Waals surface area contributed by atoms with Crippen molar-refractivity contribution in [2.45, 2.75) is 6.54 Å². The van der Waals surface area contributed by atoms with E-state index in [1.165, 1.54) is 29.3 Å². The van der Waals surface area contributed by atoms with Crippen LogP contribution in [-0.4, -0.2) is 24.7 Å². The number of benzene rings is 1. The van der Waals surface area contributed by atoms with Gasteiger partial charge in [0.25, 0.3) is 0 Å². The minimum absolute atomic E-state index is 0.0934. The lowest BCUT2D eigenvalue weighted by Crippen LogP contribution is -2.01. The molecule has 8 nitrogen and oxygen atoms in total. The monoisotopic (exact) mass is 289 g/mol. The standard InChI is InChI=1S/C12H8FN5O3/c13-9-3-1-2-8(4-9)10-5-14-11(21-10)6-17-7-15-12(16-17)18(19)20/h1-5,7H,6H2. The van der Waals surface area contributed by atoms with E-state index in [2.05, 4.69) is 15.1 Å². The average molecular weight is 289 g/mol. The molecule has 0 amide bonds. The summed E-state index contributed by atoms with van der Waals surface area (Å²) >= 11 is 0. The molecule has 3 aromatic rings. The molecule has 0 fully saturated rings. The zero-order chi connectivity index (χ0) is 14.8. The molecule has 0 saturated carbocycles. The molecule has 0 atom stereocenters. The van der Waals surface area contributed by atoms with Crippen LogP contribution in [0.2, 0.25) is 0 Å². The van der Waals surface area contributed by atoms with Crippen molar-refractivity contribution >= 4 is 5.95 Å². The second-order valence-electron chi connectivity index (χ2n) is 4.13. The quantitative estimate of drug-likeness (QED) is 0.538. The summed E-state index contributed by atoms with van der Waals surface area (Å²) in [5, 5.41) is 14.1. The van der Waals surface area contributed by atoms with Gasteiger partial charge >= 0.3 is 5.95 Å². The van der Waals surface area contributed by atoms with Crippen LogP contribution in [0.15, 0.2) is 41.2 Å². The van der Waals surface area contributed by atoms with Gasteiger partial charge in [-0.2, -0.15) is 4.68 Å². The summed E-state index contributed by atoms with van der Waals surface area (Å²) in [6.07, 6.45) is 2.67. The molecule has 3 rings (SSSR count). The van der Waals surface area contributed by atoms with Gasteiger partial charge in [-0.25, -0.2) is 9.37 Å². The van der Waals surface area contributed by atoms with Gasteiger partial charge in [0.05, 0.1) is 6.20 Å². The predicted molar refractivity (Wildman–Crippen MR) is 67.7 cm³/mol. The van der Waals surface area contributed by atoms with E-state index < -0.39 is 10.9 Å². The van der Waals surface area contributed by atoms with E-state index in [9.17, 15) is 14.5 Å². The molecule has 2 aromatic heterocycles. The van der Waals surface area contributed by atoms with Crippen LogP contribution in [0, 0.1) is 15.9 Å². The van der Waals surface area contributed by atoms with Crippen molar-refractivity contribution in [1.29, 1.82) is 0 Å². The Balaban J connectivity index is 1.80. The molecule has 0 unspecified atom stereocenters. The van der Waals surface area contributed by atoms with Crippen LogP contribution in [0.25, 0.3) is 11.3 Å². The van der Waals surface area contributed by atoms with Gasteiger partial charge in [0.1, 0.15) is 12.4 Å². The third-order valence-corrected chi connectivity index (χ3v) is 2.65. The number of nitrogens with zero attached hydrogens (tertiary/aromatic N) is 5. The van der Waals surface area contributed by atoms with Gasteiger partial charge in [0.15, 0.2) is 5.76 Å². The fourth-order valence-electron chi connectivity index (χ4n) is 1.74. The predicted octanol–water partition coefficient (Wildman–Crippen LogP) is 2.03. The third-order valence-electron chi connectivity index (χ3n) is 2.65. The summed E-state index contributed by atoms with van der Waals surface area (Å²) in [6, 6.07) is 5.90. The fraction of sp³-hybridized carbons (Fsp3) is 0.0833. The van der Waals surface area contributed by atoms with Crippen LogP contribution in [-0.2, 0) is 6.54 Å². The molecule has 0 radical (unpaired) electrons. The highest BCUT2D eigenvalue weighted by Gasteiger charge is 2.15. The van der Waals surface area contributed by atoms with Gasteiger partial charge in [-0.3, -0.25) is 0 Å². The van der Waals surface area contributed by atoms with Crippen molar-refractivity contribution in [3.63, 3.8) is 0 Å².